The zero-order valence-corrected chi connectivity index (χ0v) is 32.1. The first-order valence-corrected chi connectivity index (χ1v) is 19.0. The molecule has 5 rings (SSSR count). The number of hydrogen-bond acceptors (Lipinski definition) is 17. The lowest BCUT2D eigenvalue weighted by Crippen LogP contribution is -2.63. The fourth-order valence-electron chi connectivity index (χ4n) is 9.79. The van der Waals surface area contributed by atoms with Gasteiger partial charge in [0, 0.05) is 18.3 Å². The third-order valence-corrected chi connectivity index (χ3v) is 12.4. The van der Waals surface area contributed by atoms with Crippen molar-refractivity contribution in [3.05, 3.63) is 55.6 Å². The van der Waals surface area contributed by atoms with Gasteiger partial charge in [0.15, 0.2) is 29.5 Å². The average molecular weight is 805 g/mol. The summed E-state index contributed by atoms with van der Waals surface area (Å²) in [6.07, 6.45) is 2.66. The van der Waals surface area contributed by atoms with Crippen molar-refractivity contribution in [2.24, 2.45) is 28.6 Å². The van der Waals surface area contributed by atoms with Crippen LogP contribution in [0.5, 0.6) is 11.5 Å². The normalized spacial score (nSPS) is 28.6. The number of unbranched alkanes of at least 4 members (excludes halogenated alkanes) is 1. The third-order valence-electron chi connectivity index (χ3n) is 12.4. The Morgan fingerprint density at radius 1 is 0.912 bits per heavy atom. The van der Waals surface area contributed by atoms with Gasteiger partial charge in [0.1, 0.15) is 0 Å². The number of Topliss-reactive ketones (excluding diaryl/α,β-unsaturated/α-hetero) is 1. The topological polar surface area (TPSA) is 256 Å². The summed E-state index contributed by atoms with van der Waals surface area (Å²) in [5.74, 6) is -2.84. The summed E-state index contributed by atoms with van der Waals surface area (Å²) < 4.78 is 27.1. The number of nitrogens with zero attached hydrogens (tertiary/aromatic N) is 2. The zero-order valence-electron chi connectivity index (χ0n) is 32.1. The van der Waals surface area contributed by atoms with Crippen molar-refractivity contribution in [2.75, 3.05) is 33.5 Å². The number of ether oxygens (including phenoxy) is 5. The molecular weight excluding hydrogens is 756 g/mol. The van der Waals surface area contributed by atoms with Crippen LogP contribution in [0.1, 0.15) is 94.8 Å². The molecule has 0 saturated heterocycles. The van der Waals surface area contributed by atoms with Crippen LogP contribution in [-0.2, 0) is 38.3 Å². The van der Waals surface area contributed by atoms with Crippen molar-refractivity contribution in [1.82, 2.24) is 0 Å². The van der Waals surface area contributed by atoms with Gasteiger partial charge in [0.2, 0.25) is 5.78 Å². The molecule has 0 aliphatic heterocycles. The number of rotatable bonds is 18. The fourth-order valence-corrected chi connectivity index (χ4v) is 9.79. The summed E-state index contributed by atoms with van der Waals surface area (Å²) in [4.78, 5) is 95.0. The van der Waals surface area contributed by atoms with Crippen molar-refractivity contribution in [3.63, 3.8) is 0 Å². The standard InChI is InChI=1S/C38H48N2O17/c1-36-14-12-25(41)20-24(36)9-10-26-27-13-15-38(37(27,2)21-28(42)33(26)36,57-32(44)7-6-18-55-40(49)50)31(43)22-53-35(46)56-29-11-8-23(19-30(29)51-3)34(45)52-16-4-5-17-54-39(47)48/h8,11,19-20,26-28,33,42H,4-7,9-10,12-18,21-22H2,1-3H3/t26?,27?,28-,33+,36-,37-,38-/m0/s1. The molecule has 3 fully saturated rings. The second-order valence-electron chi connectivity index (χ2n) is 15.4. The molecule has 1 N–H and O–H groups in total. The van der Waals surface area contributed by atoms with Gasteiger partial charge in [-0.1, -0.05) is 19.4 Å². The molecule has 4 aliphatic rings. The first-order chi connectivity index (χ1) is 27.0. The molecule has 0 heterocycles. The summed E-state index contributed by atoms with van der Waals surface area (Å²) in [5, 5.41) is 30.9. The van der Waals surface area contributed by atoms with Crippen LogP contribution in [0.3, 0.4) is 0 Å². The van der Waals surface area contributed by atoms with Gasteiger partial charge < -0.3 is 38.5 Å². The van der Waals surface area contributed by atoms with Crippen LogP contribution in [0.15, 0.2) is 29.8 Å². The SMILES string of the molecule is COc1cc(C(=O)OCCCCO[N+](=O)[O-])ccc1OC(=O)OCC(=O)[C@@]1(OC(=O)CCCO[N+](=O)[O-])CCC2C3CCC4=CC(=O)CC[C@]4(C)[C@H]3[C@@H](O)C[C@@]21C. The highest BCUT2D eigenvalue weighted by atomic mass is 17.0. The van der Waals surface area contributed by atoms with E-state index in [4.69, 9.17) is 23.7 Å². The van der Waals surface area contributed by atoms with Gasteiger partial charge in [-0.2, -0.15) is 0 Å². The molecule has 0 bridgehead atoms. The predicted molar refractivity (Wildman–Crippen MR) is 192 cm³/mol. The highest BCUT2D eigenvalue weighted by Gasteiger charge is 2.70. The van der Waals surface area contributed by atoms with E-state index in [9.17, 15) is 49.3 Å². The molecular formula is C38H48N2O17. The van der Waals surface area contributed by atoms with Gasteiger partial charge in [-0.3, -0.25) is 14.4 Å². The van der Waals surface area contributed by atoms with Gasteiger partial charge in [0.05, 0.1) is 38.6 Å². The smallest absolute Gasteiger partial charge is 0.493 e. The monoisotopic (exact) mass is 804 g/mol. The van der Waals surface area contributed by atoms with Crippen molar-refractivity contribution in [3.8, 4) is 11.5 Å². The molecule has 3 saturated carbocycles. The molecule has 57 heavy (non-hydrogen) atoms. The Labute approximate surface area is 327 Å². The number of carbonyl (C=O) groups is 5. The molecule has 0 amide bonds. The number of methoxy groups -OCH3 is 1. The maximum Gasteiger partial charge on any atom is 0.514 e. The van der Waals surface area contributed by atoms with Crippen LogP contribution in [0, 0.1) is 48.8 Å². The fraction of sp³-hybridized carbons (Fsp3) is 0.658. The molecule has 19 nitrogen and oxygen atoms in total. The summed E-state index contributed by atoms with van der Waals surface area (Å²) in [6, 6.07) is 3.82. The van der Waals surface area contributed by atoms with Crippen LogP contribution in [0.2, 0.25) is 0 Å². The van der Waals surface area contributed by atoms with Crippen LogP contribution in [-0.4, -0.2) is 90.2 Å². The molecule has 0 aromatic heterocycles. The van der Waals surface area contributed by atoms with E-state index < -0.39 is 63.2 Å². The highest BCUT2D eigenvalue weighted by Crippen LogP contribution is 2.68. The van der Waals surface area contributed by atoms with Gasteiger partial charge >= 0.3 is 18.1 Å². The maximum absolute atomic E-state index is 14.4. The van der Waals surface area contributed by atoms with Crippen molar-refractivity contribution >= 4 is 29.7 Å². The minimum absolute atomic E-state index is 0.0343. The predicted octanol–water partition coefficient (Wildman–Crippen LogP) is 4.70. The Morgan fingerprint density at radius 2 is 1.61 bits per heavy atom. The Hall–Kier alpha value is -5.33. The van der Waals surface area contributed by atoms with E-state index in [1.54, 1.807) is 6.08 Å². The van der Waals surface area contributed by atoms with Gasteiger partial charge in [0.25, 0.3) is 10.2 Å². The van der Waals surface area contributed by atoms with E-state index in [-0.39, 0.29) is 92.5 Å². The minimum atomic E-state index is -1.83. The van der Waals surface area contributed by atoms with Gasteiger partial charge in [-0.05, 0) is 105 Å². The summed E-state index contributed by atoms with van der Waals surface area (Å²) in [5.41, 5.74) is -2.26. The van der Waals surface area contributed by atoms with Crippen molar-refractivity contribution in [2.45, 2.75) is 96.2 Å². The van der Waals surface area contributed by atoms with Gasteiger partial charge in [-0.25, -0.2) is 9.59 Å². The summed E-state index contributed by atoms with van der Waals surface area (Å²) in [7, 11) is 1.26. The Kier molecular flexibility index (Phi) is 13.4. The molecule has 4 aliphatic carbocycles. The quantitative estimate of drug-likeness (QED) is 0.0527. The van der Waals surface area contributed by atoms with E-state index in [0.29, 0.717) is 38.5 Å². The molecule has 1 aromatic rings. The lowest BCUT2D eigenvalue weighted by molar-refractivity contribution is -0.757. The van der Waals surface area contributed by atoms with E-state index in [1.165, 1.54) is 25.3 Å². The Bertz CT molecular complexity index is 1780. The Morgan fingerprint density at radius 3 is 2.32 bits per heavy atom. The molecule has 19 heteroatoms. The highest BCUT2D eigenvalue weighted by molar-refractivity contribution is 5.94. The molecule has 1 aromatic carbocycles. The third kappa shape index (κ3) is 9.13. The largest absolute Gasteiger partial charge is 0.514 e. The van der Waals surface area contributed by atoms with E-state index in [0.717, 1.165) is 5.57 Å². The van der Waals surface area contributed by atoms with Crippen LogP contribution in [0.25, 0.3) is 0 Å². The van der Waals surface area contributed by atoms with Crippen LogP contribution in [0.4, 0.5) is 4.79 Å². The summed E-state index contributed by atoms with van der Waals surface area (Å²) in [6.45, 7) is 2.49. The number of hydrogen-bond donors (Lipinski definition) is 1. The summed E-state index contributed by atoms with van der Waals surface area (Å²) >= 11 is 0. The number of aliphatic hydroxyl groups excluding tert-OH is 1. The molecule has 0 radical (unpaired) electrons. The number of carbonyl (C=O) groups excluding carboxylic acids is 5. The van der Waals surface area contributed by atoms with E-state index in [1.807, 2.05) is 6.92 Å². The molecule has 312 valence electrons. The number of allylic oxidation sites excluding steroid dienone is 1. The van der Waals surface area contributed by atoms with Gasteiger partial charge in [-0.15, -0.1) is 20.2 Å². The van der Waals surface area contributed by atoms with Crippen LogP contribution >= 0.6 is 0 Å². The number of benzene rings is 1. The number of esters is 2. The second-order valence-corrected chi connectivity index (χ2v) is 15.4. The number of fused-ring (bicyclic) bond motifs is 5. The van der Waals surface area contributed by atoms with E-state index in [2.05, 4.69) is 16.6 Å². The van der Waals surface area contributed by atoms with Crippen molar-refractivity contribution in [1.29, 1.82) is 0 Å². The number of ketones is 2. The average Bonchev–Trinajstić information content (AvgIpc) is 3.45. The molecule has 0 spiro atoms. The maximum atomic E-state index is 14.4. The Balaban J connectivity index is 1.29. The van der Waals surface area contributed by atoms with Crippen LogP contribution < -0.4 is 9.47 Å². The molecule has 7 atom stereocenters. The number of aliphatic hydroxyl groups is 1. The lowest BCUT2D eigenvalue weighted by Gasteiger charge is -2.60. The molecule has 2 unspecified atom stereocenters. The van der Waals surface area contributed by atoms with Crippen molar-refractivity contribution < 1.29 is 72.6 Å². The first kappa shape index (κ1) is 42.8. The second kappa shape index (κ2) is 17.9. The zero-order chi connectivity index (χ0) is 41.5. The minimum Gasteiger partial charge on any atom is -0.493 e. The lowest BCUT2D eigenvalue weighted by atomic mass is 9.45. The van der Waals surface area contributed by atoms with E-state index >= 15 is 0 Å². The first-order valence-electron chi connectivity index (χ1n) is 19.0.